The van der Waals surface area contributed by atoms with E-state index in [1.54, 1.807) is 17.7 Å². The summed E-state index contributed by atoms with van der Waals surface area (Å²) in [6.45, 7) is 2.56. The summed E-state index contributed by atoms with van der Waals surface area (Å²) in [5.74, 6) is 0.573. The number of ether oxygens (including phenoxy) is 1. The van der Waals surface area contributed by atoms with Gasteiger partial charge in [-0.1, -0.05) is 59.9 Å². The smallest absolute Gasteiger partial charge is 0.312 e. The molecule has 6 heteroatoms. The molecule has 34 heavy (non-hydrogen) atoms. The molecule has 0 saturated heterocycles. The van der Waals surface area contributed by atoms with Crippen molar-refractivity contribution in [3.8, 4) is 22.7 Å². The maximum absolute atomic E-state index is 12.8. The molecule has 0 radical (unpaired) electrons. The van der Waals surface area contributed by atoms with Crippen LogP contribution in [0.15, 0.2) is 83.7 Å². The van der Waals surface area contributed by atoms with Crippen LogP contribution in [0.3, 0.4) is 0 Å². The number of methoxy groups -OCH3 is 1. The van der Waals surface area contributed by atoms with E-state index in [-0.39, 0.29) is 10.8 Å². The molecule has 0 aliphatic heterocycles. The number of amides is 1. The topological polar surface area (TPSA) is 60.3 Å². The second-order valence-electron chi connectivity index (χ2n) is 8.09. The van der Waals surface area contributed by atoms with Gasteiger partial charge in [0.25, 0.3) is 5.91 Å². The number of nitrogens with one attached hydrogen (secondary N) is 1. The zero-order valence-corrected chi connectivity index (χ0v) is 20.2. The Balaban J connectivity index is 1.48. The number of nitrogens with zero attached hydrogens (tertiary/aromatic N) is 1. The Morgan fingerprint density at radius 1 is 0.971 bits per heavy atom. The maximum Gasteiger partial charge on any atom is 0.312 e. The molecule has 0 fully saturated rings. The van der Waals surface area contributed by atoms with Crippen LogP contribution in [-0.2, 0) is 6.42 Å². The van der Waals surface area contributed by atoms with E-state index in [9.17, 15) is 9.59 Å². The van der Waals surface area contributed by atoms with Crippen molar-refractivity contribution in [3.05, 3.63) is 105 Å². The molecule has 4 aromatic rings. The van der Waals surface area contributed by atoms with Gasteiger partial charge in [-0.15, -0.1) is 0 Å². The molecule has 3 aromatic carbocycles. The van der Waals surface area contributed by atoms with Crippen LogP contribution in [0.25, 0.3) is 16.9 Å². The first-order valence-electron chi connectivity index (χ1n) is 11.4. The van der Waals surface area contributed by atoms with Crippen LogP contribution in [0.1, 0.15) is 33.6 Å². The molecule has 1 heterocycles. The van der Waals surface area contributed by atoms with Crippen molar-refractivity contribution in [2.24, 2.45) is 0 Å². The van der Waals surface area contributed by atoms with Crippen molar-refractivity contribution in [1.29, 1.82) is 0 Å². The Labute approximate surface area is 203 Å². The normalized spacial score (nSPS) is 10.8. The van der Waals surface area contributed by atoms with Gasteiger partial charge in [-0.2, -0.15) is 0 Å². The Morgan fingerprint density at radius 2 is 1.76 bits per heavy atom. The number of unbranched alkanes of at least 4 members (excludes halogenated alkanes) is 1. The summed E-state index contributed by atoms with van der Waals surface area (Å²) in [5.41, 5.74) is 4.25. The molecule has 1 amide bonds. The molecule has 0 aliphatic carbocycles. The van der Waals surface area contributed by atoms with Gasteiger partial charge in [-0.3, -0.25) is 14.2 Å². The summed E-state index contributed by atoms with van der Waals surface area (Å²) in [4.78, 5) is 26.4. The molecule has 4 rings (SSSR count). The zero-order valence-electron chi connectivity index (χ0n) is 19.4. The molecule has 0 aliphatic rings. The first-order chi connectivity index (χ1) is 16.6. The van der Waals surface area contributed by atoms with E-state index in [2.05, 4.69) is 17.4 Å². The molecule has 0 bridgehead atoms. The van der Waals surface area contributed by atoms with E-state index in [0.29, 0.717) is 17.9 Å². The number of rotatable bonds is 9. The van der Waals surface area contributed by atoms with Crippen LogP contribution in [0.5, 0.6) is 5.75 Å². The summed E-state index contributed by atoms with van der Waals surface area (Å²) >= 11 is 1.20. The quantitative estimate of drug-likeness (QED) is 0.321. The van der Waals surface area contributed by atoms with Crippen molar-refractivity contribution in [2.75, 3.05) is 13.7 Å². The minimum atomic E-state index is -0.107. The lowest BCUT2D eigenvalue weighted by Crippen LogP contribution is -2.24. The second kappa shape index (κ2) is 11.0. The largest absolute Gasteiger partial charge is 0.497 e. The fourth-order valence-corrected chi connectivity index (χ4v) is 4.86. The van der Waals surface area contributed by atoms with Crippen molar-refractivity contribution in [1.82, 2.24) is 9.88 Å². The van der Waals surface area contributed by atoms with Gasteiger partial charge in [0.2, 0.25) is 0 Å². The number of carbonyl (C=O) groups is 1. The molecule has 1 aromatic heterocycles. The number of hydrogen-bond donors (Lipinski definition) is 1. The fraction of sp³-hybridized carbons (Fsp3) is 0.214. The Hall–Kier alpha value is -3.64. The van der Waals surface area contributed by atoms with E-state index in [1.807, 2.05) is 67.6 Å². The van der Waals surface area contributed by atoms with Gasteiger partial charge in [0.15, 0.2) is 0 Å². The molecule has 5 nitrogen and oxygen atoms in total. The number of aryl methyl sites for hydroxylation is 2. The van der Waals surface area contributed by atoms with Gasteiger partial charge in [-0.25, -0.2) is 0 Å². The van der Waals surface area contributed by atoms with E-state index < -0.39 is 0 Å². The highest BCUT2D eigenvalue weighted by Gasteiger charge is 2.17. The van der Waals surface area contributed by atoms with Crippen molar-refractivity contribution in [2.45, 2.75) is 26.2 Å². The molecule has 0 atom stereocenters. The van der Waals surface area contributed by atoms with E-state index in [0.717, 1.165) is 41.1 Å². The van der Waals surface area contributed by atoms with Crippen LogP contribution in [0.4, 0.5) is 0 Å². The van der Waals surface area contributed by atoms with Gasteiger partial charge < -0.3 is 10.1 Å². The Bertz CT molecular complexity index is 1320. The average Bonchev–Trinajstić information content (AvgIpc) is 3.17. The third-order valence-electron chi connectivity index (χ3n) is 5.71. The number of benzene rings is 3. The van der Waals surface area contributed by atoms with Crippen molar-refractivity contribution >= 4 is 17.2 Å². The molecular formula is C28H28N2O3S. The Morgan fingerprint density at radius 3 is 2.56 bits per heavy atom. The number of thiazole rings is 1. The first-order valence-corrected chi connectivity index (χ1v) is 12.2. The summed E-state index contributed by atoms with van der Waals surface area (Å²) < 4.78 is 7.02. The summed E-state index contributed by atoms with van der Waals surface area (Å²) in [6, 6.07) is 25.2. The molecule has 0 saturated carbocycles. The van der Waals surface area contributed by atoms with Crippen molar-refractivity contribution in [3.63, 3.8) is 0 Å². The number of carbonyl (C=O) groups excluding carboxylic acids is 1. The first kappa shape index (κ1) is 23.5. The average molecular weight is 473 g/mol. The lowest BCUT2D eigenvalue weighted by atomic mass is 10.1. The van der Waals surface area contributed by atoms with E-state index >= 15 is 0 Å². The van der Waals surface area contributed by atoms with E-state index in [1.165, 1.54) is 16.9 Å². The van der Waals surface area contributed by atoms with Gasteiger partial charge in [-0.05, 0) is 56.0 Å². The lowest BCUT2D eigenvalue weighted by molar-refractivity contribution is 0.0953. The lowest BCUT2D eigenvalue weighted by Gasteiger charge is -2.12. The third kappa shape index (κ3) is 5.46. The standard InChI is InChI=1S/C28H28N2O3S/c1-20-26(30(28(32)34-20)24-15-9-16-25(19-24)33-2)22-13-8-14-23(18-22)27(31)29-17-7-6-12-21-10-4-3-5-11-21/h3-5,8-11,13-16,18-19H,6-7,12,17H2,1-2H3,(H,29,31). The van der Waals surface area contributed by atoms with Gasteiger partial charge >= 0.3 is 4.87 Å². The van der Waals surface area contributed by atoms with Crippen molar-refractivity contribution < 1.29 is 9.53 Å². The number of aromatic nitrogens is 1. The fourth-order valence-electron chi connectivity index (χ4n) is 4.00. The molecule has 174 valence electrons. The minimum Gasteiger partial charge on any atom is -0.497 e. The van der Waals surface area contributed by atoms with Crippen LogP contribution in [-0.4, -0.2) is 24.1 Å². The third-order valence-corrected chi connectivity index (χ3v) is 6.57. The molecule has 1 N–H and O–H groups in total. The highest BCUT2D eigenvalue weighted by Crippen LogP contribution is 2.29. The summed E-state index contributed by atoms with van der Waals surface area (Å²) in [5, 5.41) is 3.02. The molecular weight excluding hydrogens is 444 g/mol. The summed E-state index contributed by atoms with van der Waals surface area (Å²) in [6.07, 6.45) is 2.94. The van der Waals surface area contributed by atoms with Gasteiger partial charge in [0, 0.05) is 28.6 Å². The zero-order chi connectivity index (χ0) is 23.9. The van der Waals surface area contributed by atoms with Crippen LogP contribution in [0.2, 0.25) is 0 Å². The minimum absolute atomic E-state index is 0.0750. The van der Waals surface area contributed by atoms with Gasteiger partial charge in [0.05, 0.1) is 18.5 Å². The van der Waals surface area contributed by atoms with Crippen LogP contribution in [0, 0.1) is 6.92 Å². The molecule has 0 spiro atoms. The second-order valence-corrected chi connectivity index (χ2v) is 9.25. The Kier molecular flexibility index (Phi) is 7.60. The van der Waals surface area contributed by atoms with Gasteiger partial charge in [0.1, 0.15) is 5.75 Å². The highest BCUT2D eigenvalue weighted by molar-refractivity contribution is 7.09. The monoisotopic (exact) mass is 472 g/mol. The predicted molar refractivity (Wildman–Crippen MR) is 138 cm³/mol. The van der Waals surface area contributed by atoms with Crippen LogP contribution >= 0.6 is 11.3 Å². The highest BCUT2D eigenvalue weighted by atomic mass is 32.1. The van der Waals surface area contributed by atoms with Crippen LogP contribution < -0.4 is 14.9 Å². The number of hydrogen-bond acceptors (Lipinski definition) is 4. The summed E-state index contributed by atoms with van der Waals surface area (Å²) in [7, 11) is 1.60. The SMILES string of the molecule is COc1cccc(-n2c(-c3cccc(C(=O)NCCCCc4ccccc4)c3)c(C)sc2=O)c1. The molecule has 0 unspecified atom stereocenters. The predicted octanol–water partition coefficient (Wildman–Crippen LogP) is 5.64. The maximum atomic E-state index is 12.8. The van der Waals surface area contributed by atoms with E-state index in [4.69, 9.17) is 4.74 Å².